The van der Waals surface area contributed by atoms with Gasteiger partial charge in [0, 0.05) is 10.6 Å². The number of benzene rings is 1. The molecule has 1 N–H and O–H groups in total. The van der Waals surface area contributed by atoms with Crippen LogP contribution in [-0.4, -0.2) is 26.1 Å². The summed E-state index contributed by atoms with van der Waals surface area (Å²) in [6, 6.07) is 3.19. The Balaban J connectivity index is 2.33. The van der Waals surface area contributed by atoms with E-state index in [2.05, 4.69) is 10.3 Å². The normalized spacial score (nSPS) is 10.6. The van der Waals surface area contributed by atoms with Gasteiger partial charge in [-0.05, 0) is 12.1 Å². The molecule has 5 nitrogen and oxygen atoms in total. The van der Waals surface area contributed by atoms with Crippen molar-refractivity contribution < 1.29 is 9.90 Å². The van der Waals surface area contributed by atoms with Crippen LogP contribution < -0.4 is 0 Å². The van der Waals surface area contributed by atoms with Crippen molar-refractivity contribution in [1.82, 2.24) is 15.0 Å². The molecule has 0 atom stereocenters. The Labute approximate surface area is 117 Å². The van der Waals surface area contributed by atoms with Crippen LogP contribution in [0.5, 0.6) is 0 Å². The minimum absolute atomic E-state index is 0.149. The monoisotopic (exact) mass is 305 g/mol. The summed E-state index contributed by atoms with van der Waals surface area (Å²) >= 11 is 17.9. The van der Waals surface area contributed by atoms with Crippen molar-refractivity contribution in [2.24, 2.45) is 0 Å². The molecule has 0 aliphatic carbocycles. The molecule has 94 valence electrons. The zero-order valence-corrected chi connectivity index (χ0v) is 11.0. The van der Waals surface area contributed by atoms with E-state index in [-0.39, 0.29) is 12.2 Å². The lowest BCUT2D eigenvalue weighted by Gasteiger charge is -2.07. The summed E-state index contributed by atoms with van der Waals surface area (Å²) in [7, 11) is 0. The van der Waals surface area contributed by atoms with Gasteiger partial charge in [-0.3, -0.25) is 0 Å². The first-order chi connectivity index (χ1) is 8.49. The Morgan fingerprint density at radius 2 is 1.94 bits per heavy atom. The van der Waals surface area contributed by atoms with Crippen LogP contribution in [0, 0.1) is 0 Å². The molecule has 0 saturated heterocycles. The number of aromatic nitrogens is 3. The van der Waals surface area contributed by atoms with Crippen molar-refractivity contribution >= 4 is 40.8 Å². The maximum absolute atomic E-state index is 10.7. The van der Waals surface area contributed by atoms with Crippen LogP contribution in [0.1, 0.15) is 16.1 Å². The second-order valence-corrected chi connectivity index (χ2v) is 4.62. The van der Waals surface area contributed by atoms with Crippen LogP contribution in [0.4, 0.5) is 0 Å². The average Bonchev–Trinajstić information content (AvgIpc) is 2.78. The van der Waals surface area contributed by atoms with Gasteiger partial charge in [-0.25, -0.2) is 9.48 Å². The van der Waals surface area contributed by atoms with Crippen LogP contribution in [0.15, 0.2) is 18.3 Å². The maximum atomic E-state index is 10.7. The molecule has 0 bridgehead atoms. The predicted molar refractivity (Wildman–Crippen MR) is 67.6 cm³/mol. The third-order valence-electron chi connectivity index (χ3n) is 2.22. The highest BCUT2D eigenvalue weighted by molar-refractivity contribution is 6.44. The quantitative estimate of drug-likeness (QED) is 0.885. The summed E-state index contributed by atoms with van der Waals surface area (Å²) in [6.07, 6.45) is 1.29. The highest BCUT2D eigenvalue weighted by atomic mass is 35.5. The third-order valence-corrected chi connectivity index (χ3v) is 3.41. The predicted octanol–water partition coefficient (Wildman–Crippen LogP) is 2.98. The number of hydrogen-bond acceptors (Lipinski definition) is 3. The van der Waals surface area contributed by atoms with Crippen LogP contribution in [0.25, 0.3) is 0 Å². The highest BCUT2D eigenvalue weighted by Crippen LogP contribution is 2.31. The Hall–Kier alpha value is -1.30. The fourth-order valence-corrected chi connectivity index (χ4v) is 2.02. The summed E-state index contributed by atoms with van der Waals surface area (Å²) < 4.78 is 1.33. The Kier molecular flexibility index (Phi) is 3.75. The summed E-state index contributed by atoms with van der Waals surface area (Å²) in [5.74, 6) is -1.15. The van der Waals surface area contributed by atoms with Crippen molar-refractivity contribution in [3.63, 3.8) is 0 Å². The van der Waals surface area contributed by atoms with Gasteiger partial charge in [-0.15, -0.1) is 5.10 Å². The minimum Gasteiger partial charge on any atom is -0.476 e. The van der Waals surface area contributed by atoms with Crippen molar-refractivity contribution in [2.75, 3.05) is 0 Å². The van der Waals surface area contributed by atoms with E-state index in [9.17, 15) is 4.79 Å². The second-order valence-electron chi connectivity index (χ2n) is 3.43. The van der Waals surface area contributed by atoms with Gasteiger partial charge in [0.05, 0.1) is 22.8 Å². The summed E-state index contributed by atoms with van der Waals surface area (Å²) in [6.45, 7) is 0.193. The minimum atomic E-state index is -1.15. The van der Waals surface area contributed by atoms with Crippen molar-refractivity contribution in [3.8, 4) is 0 Å². The number of carbonyl (C=O) groups is 1. The summed E-state index contributed by atoms with van der Waals surface area (Å²) in [5.41, 5.74) is 0.414. The van der Waals surface area contributed by atoms with Gasteiger partial charge >= 0.3 is 5.97 Å². The number of carboxylic acid groups (broad SMARTS) is 1. The molecule has 8 heteroatoms. The molecule has 0 fully saturated rings. The summed E-state index contributed by atoms with van der Waals surface area (Å²) in [5, 5.41) is 17.0. The molecule has 0 amide bonds. The van der Waals surface area contributed by atoms with E-state index in [0.717, 1.165) is 0 Å². The van der Waals surface area contributed by atoms with Crippen LogP contribution in [-0.2, 0) is 6.54 Å². The molecule has 0 aliphatic heterocycles. The molecular formula is C10H6Cl3N3O2. The molecule has 2 aromatic rings. The number of rotatable bonds is 3. The highest BCUT2D eigenvalue weighted by Gasteiger charge is 2.13. The van der Waals surface area contributed by atoms with Crippen LogP contribution in [0.3, 0.4) is 0 Å². The van der Waals surface area contributed by atoms with Gasteiger partial charge < -0.3 is 5.11 Å². The molecule has 1 aromatic heterocycles. The average molecular weight is 307 g/mol. The molecule has 2 rings (SSSR count). The molecule has 18 heavy (non-hydrogen) atoms. The molecule has 0 spiro atoms. The first-order valence-electron chi connectivity index (χ1n) is 4.75. The van der Waals surface area contributed by atoms with Crippen LogP contribution in [0.2, 0.25) is 15.1 Å². The lowest BCUT2D eigenvalue weighted by atomic mass is 10.2. The topological polar surface area (TPSA) is 68.0 Å². The molecule has 1 heterocycles. The molecule has 1 aromatic carbocycles. The first-order valence-corrected chi connectivity index (χ1v) is 5.88. The zero-order valence-electron chi connectivity index (χ0n) is 8.77. The van der Waals surface area contributed by atoms with E-state index in [1.807, 2.05) is 0 Å². The smallest absolute Gasteiger partial charge is 0.358 e. The zero-order chi connectivity index (χ0) is 13.3. The van der Waals surface area contributed by atoms with Gasteiger partial charge in [0.15, 0.2) is 5.69 Å². The van der Waals surface area contributed by atoms with E-state index >= 15 is 0 Å². The Bertz CT molecular complexity index is 612. The largest absolute Gasteiger partial charge is 0.476 e. The molecular weight excluding hydrogens is 300 g/mol. The third kappa shape index (κ3) is 2.58. The first kappa shape index (κ1) is 13.1. The van der Waals surface area contributed by atoms with Crippen molar-refractivity contribution in [3.05, 3.63) is 44.7 Å². The lowest BCUT2D eigenvalue weighted by Crippen LogP contribution is -2.02. The van der Waals surface area contributed by atoms with Gasteiger partial charge in [0.1, 0.15) is 0 Å². The summed E-state index contributed by atoms with van der Waals surface area (Å²) in [4.78, 5) is 10.7. The van der Waals surface area contributed by atoms with E-state index in [0.29, 0.717) is 20.6 Å². The van der Waals surface area contributed by atoms with E-state index in [4.69, 9.17) is 39.9 Å². The van der Waals surface area contributed by atoms with Gasteiger partial charge in [-0.2, -0.15) is 0 Å². The number of nitrogens with zero attached hydrogens (tertiary/aromatic N) is 3. The number of hydrogen-bond donors (Lipinski definition) is 1. The fourth-order valence-electron chi connectivity index (χ4n) is 1.35. The molecule has 0 saturated carbocycles. The lowest BCUT2D eigenvalue weighted by molar-refractivity contribution is 0.0690. The number of carboxylic acids is 1. The standard InChI is InChI=1S/C10H6Cl3N3O2/c11-6-1-2-7(12)9(13)5(6)3-16-4-8(10(17)18)14-15-16/h1-2,4H,3H2,(H,17,18). The van der Waals surface area contributed by atoms with Gasteiger partial charge in [0.25, 0.3) is 0 Å². The maximum Gasteiger partial charge on any atom is 0.358 e. The van der Waals surface area contributed by atoms with E-state index in [1.54, 1.807) is 12.1 Å². The Morgan fingerprint density at radius 1 is 1.28 bits per heavy atom. The molecule has 0 aliphatic rings. The SMILES string of the molecule is O=C(O)c1cn(Cc2c(Cl)ccc(Cl)c2Cl)nn1. The van der Waals surface area contributed by atoms with Gasteiger partial charge in [0.2, 0.25) is 0 Å². The van der Waals surface area contributed by atoms with E-state index in [1.165, 1.54) is 10.9 Å². The van der Waals surface area contributed by atoms with Crippen molar-refractivity contribution in [2.45, 2.75) is 6.54 Å². The van der Waals surface area contributed by atoms with Crippen LogP contribution >= 0.6 is 34.8 Å². The Morgan fingerprint density at radius 3 is 2.56 bits per heavy atom. The van der Waals surface area contributed by atoms with Crippen molar-refractivity contribution in [1.29, 1.82) is 0 Å². The van der Waals surface area contributed by atoms with E-state index < -0.39 is 5.97 Å². The second kappa shape index (κ2) is 5.14. The molecule has 0 unspecified atom stereocenters. The fraction of sp³-hybridized carbons (Fsp3) is 0.100. The number of aromatic carboxylic acids is 1. The number of halogens is 3. The van der Waals surface area contributed by atoms with Gasteiger partial charge in [-0.1, -0.05) is 40.0 Å². The molecule has 0 radical (unpaired) electrons.